The summed E-state index contributed by atoms with van der Waals surface area (Å²) in [5.74, 6) is 1.02. The van der Waals surface area contributed by atoms with Crippen LogP contribution in [0.5, 0.6) is 0 Å². The smallest absolute Gasteiger partial charge is 0.321 e. The molecule has 0 saturated carbocycles. The summed E-state index contributed by atoms with van der Waals surface area (Å²) in [6, 6.07) is 11.9. The Balaban J connectivity index is 1.38. The Morgan fingerprint density at radius 3 is 2.65 bits per heavy atom. The molecule has 134 valence electrons. The number of amides is 2. The van der Waals surface area contributed by atoms with Gasteiger partial charge in [0.15, 0.2) is 0 Å². The monoisotopic (exact) mass is 352 g/mol. The van der Waals surface area contributed by atoms with Crippen molar-refractivity contribution in [2.45, 2.75) is 25.7 Å². The highest BCUT2D eigenvalue weighted by atomic mass is 19.1. The quantitative estimate of drug-likeness (QED) is 0.717. The predicted molar refractivity (Wildman–Crippen MR) is 99.8 cm³/mol. The maximum Gasteiger partial charge on any atom is 0.321 e. The molecule has 0 aliphatic carbocycles. The highest BCUT2D eigenvalue weighted by molar-refractivity contribution is 5.89. The fraction of sp³-hybridized carbons (Fsp3) is 0.300. The van der Waals surface area contributed by atoms with Crippen LogP contribution in [0, 0.1) is 12.7 Å². The van der Waals surface area contributed by atoms with Crippen LogP contribution in [0.2, 0.25) is 0 Å². The van der Waals surface area contributed by atoms with E-state index in [4.69, 9.17) is 4.98 Å². The first-order valence-electron chi connectivity index (χ1n) is 8.86. The number of H-pyrrole nitrogens is 1. The van der Waals surface area contributed by atoms with Gasteiger partial charge in [0.25, 0.3) is 0 Å². The summed E-state index contributed by atoms with van der Waals surface area (Å²) >= 11 is 0. The zero-order chi connectivity index (χ0) is 18.1. The van der Waals surface area contributed by atoms with Gasteiger partial charge in [0.2, 0.25) is 0 Å². The first kappa shape index (κ1) is 16.6. The number of aryl methyl sites for hydroxylation is 1. The molecule has 0 bridgehead atoms. The highest BCUT2D eigenvalue weighted by Gasteiger charge is 2.25. The zero-order valence-electron chi connectivity index (χ0n) is 14.6. The number of nitrogens with zero attached hydrogens (tertiary/aromatic N) is 2. The number of carbonyl (C=O) groups is 1. The molecular formula is C20H21FN4O. The average Bonchev–Trinajstić information content (AvgIpc) is 3.07. The van der Waals surface area contributed by atoms with Crippen molar-refractivity contribution >= 4 is 22.8 Å². The SMILES string of the molecule is Cc1ccc2nc(C3CCN(C(=O)Nc4ccc(F)cc4)CC3)[nH]c2c1. The number of halogens is 1. The lowest BCUT2D eigenvalue weighted by atomic mass is 9.96. The standard InChI is InChI=1S/C20H21FN4O/c1-13-2-7-17-18(12-13)24-19(23-17)14-8-10-25(11-9-14)20(26)22-16-5-3-15(21)4-6-16/h2-7,12,14H,8-11H2,1H3,(H,22,26)(H,23,24). The molecule has 6 heteroatoms. The lowest BCUT2D eigenvalue weighted by Crippen LogP contribution is -2.40. The average molecular weight is 352 g/mol. The molecule has 2 N–H and O–H groups in total. The number of imidazole rings is 1. The van der Waals surface area contributed by atoms with Crippen molar-refractivity contribution in [3.63, 3.8) is 0 Å². The van der Waals surface area contributed by atoms with E-state index in [1.165, 1.54) is 17.7 Å². The zero-order valence-corrected chi connectivity index (χ0v) is 14.6. The Labute approximate surface area is 151 Å². The highest BCUT2D eigenvalue weighted by Crippen LogP contribution is 2.28. The lowest BCUT2D eigenvalue weighted by Gasteiger charge is -2.31. The van der Waals surface area contributed by atoms with Crippen LogP contribution in [0.3, 0.4) is 0 Å². The number of aromatic nitrogens is 2. The number of hydrogen-bond acceptors (Lipinski definition) is 2. The van der Waals surface area contributed by atoms with Crippen molar-refractivity contribution in [3.05, 3.63) is 59.7 Å². The molecule has 1 saturated heterocycles. The number of nitrogens with one attached hydrogen (secondary N) is 2. The van der Waals surface area contributed by atoms with E-state index in [1.54, 1.807) is 17.0 Å². The number of benzene rings is 2. The second-order valence-electron chi connectivity index (χ2n) is 6.84. The van der Waals surface area contributed by atoms with Crippen LogP contribution in [0.4, 0.5) is 14.9 Å². The Morgan fingerprint density at radius 1 is 1.19 bits per heavy atom. The van der Waals surface area contributed by atoms with E-state index in [2.05, 4.69) is 29.4 Å². The minimum absolute atomic E-state index is 0.143. The molecule has 26 heavy (non-hydrogen) atoms. The van der Waals surface area contributed by atoms with Gasteiger partial charge >= 0.3 is 6.03 Å². The largest absolute Gasteiger partial charge is 0.342 e. The van der Waals surface area contributed by atoms with E-state index in [0.717, 1.165) is 29.7 Å². The van der Waals surface area contributed by atoms with E-state index >= 15 is 0 Å². The molecule has 1 aromatic heterocycles. The number of urea groups is 1. The minimum Gasteiger partial charge on any atom is -0.342 e. The Bertz CT molecular complexity index is 927. The van der Waals surface area contributed by atoms with Gasteiger partial charge in [-0.1, -0.05) is 6.07 Å². The van der Waals surface area contributed by atoms with Crippen molar-refractivity contribution in [1.82, 2.24) is 14.9 Å². The van der Waals surface area contributed by atoms with Crippen LogP contribution in [-0.4, -0.2) is 34.0 Å². The first-order chi connectivity index (χ1) is 12.6. The fourth-order valence-electron chi connectivity index (χ4n) is 3.43. The molecular weight excluding hydrogens is 331 g/mol. The third-order valence-electron chi connectivity index (χ3n) is 4.92. The van der Waals surface area contributed by atoms with Gasteiger partial charge in [-0.05, 0) is 61.7 Å². The second-order valence-corrected chi connectivity index (χ2v) is 6.84. The van der Waals surface area contributed by atoms with E-state index in [1.807, 2.05) is 6.07 Å². The number of piperidine rings is 1. The van der Waals surface area contributed by atoms with Crippen LogP contribution in [0.1, 0.15) is 30.1 Å². The number of likely N-dealkylation sites (tertiary alicyclic amines) is 1. The normalized spacial score (nSPS) is 15.4. The Kier molecular flexibility index (Phi) is 4.32. The van der Waals surface area contributed by atoms with Crippen molar-refractivity contribution in [1.29, 1.82) is 0 Å². The topological polar surface area (TPSA) is 61.0 Å². The van der Waals surface area contributed by atoms with Gasteiger partial charge in [0, 0.05) is 24.7 Å². The van der Waals surface area contributed by atoms with E-state index < -0.39 is 0 Å². The molecule has 0 spiro atoms. The molecule has 0 atom stereocenters. The number of hydrogen-bond donors (Lipinski definition) is 2. The van der Waals surface area contributed by atoms with Crippen molar-refractivity contribution in [2.24, 2.45) is 0 Å². The lowest BCUT2D eigenvalue weighted by molar-refractivity contribution is 0.193. The summed E-state index contributed by atoms with van der Waals surface area (Å²) < 4.78 is 13.0. The van der Waals surface area contributed by atoms with E-state index in [9.17, 15) is 9.18 Å². The third-order valence-corrected chi connectivity index (χ3v) is 4.92. The number of fused-ring (bicyclic) bond motifs is 1. The summed E-state index contributed by atoms with van der Waals surface area (Å²) in [5, 5.41) is 2.82. The van der Waals surface area contributed by atoms with Gasteiger partial charge in [0.1, 0.15) is 11.6 Å². The number of anilines is 1. The molecule has 2 amide bonds. The van der Waals surface area contributed by atoms with Crippen LogP contribution in [0.15, 0.2) is 42.5 Å². The van der Waals surface area contributed by atoms with Crippen molar-refractivity contribution < 1.29 is 9.18 Å². The summed E-state index contributed by atoms with van der Waals surface area (Å²) in [7, 11) is 0. The summed E-state index contributed by atoms with van der Waals surface area (Å²) in [4.78, 5) is 22.3. The summed E-state index contributed by atoms with van der Waals surface area (Å²) in [5.41, 5.74) is 3.87. The van der Waals surface area contributed by atoms with E-state index in [0.29, 0.717) is 24.7 Å². The number of aromatic amines is 1. The fourth-order valence-corrected chi connectivity index (χ4v) is 3.43. The summed E-state index contributed by atoms with van der Waals surface area (Å²) in [6.45, 7) is 3.42. The molecule has 2 aromatic carbocycles. The molecule has 0 unspecified atom stereocenters. The molecule has 3 aromatic rings. The van der Waals surface area contributed by atoms with Gasteiger partial charge in [-0.25, -0.2) is 14.2 Å². The van der Waals surface area contributed by atoms with Crippen LogP contribution in [0.25, 0.3) is 11.0 Å². The van der Waals surface area contributed by atoms with Gasteiger partial charge in [-0.3, -0.25) is 0 Å². The third kappa shape index (κ3) is 3.40. The van der Waals surface area contributed by atoms with Gasteiger partial charge in [0.05, 0.1) is 11.0 Å². The number of carbonyl (C=O) groups excluding carboxylic acids is 1. The van der Waals surface area contributed by atoms with Crippen LogP contribution >= 0.6 is 0 Å². The van der Waals surface area contributed by atoms with Gasteiger partial charge in [-0.2, -0.15) is 0 Å². The first-order valence-corrected chi connectivity index (χ1v) is 8.86. The van der Waals surface area contributed by atoms with E-state index in [-0.39, 0.29) is 11.8 Å². The van der Waals surface area contributed by atoms with Crippen LogP contribution in [-0.2, 0) is 0 Å². The number of rotatable bonds is 2. The van der Waals surface area contributed by atoms with Gasteiger partial charge < -0.3 is 15.2 Å². The molecule has 2 heterocycles. The van der Waals surface area contributed by atoms with Crippen molar-refractivity contribution in [2.75, 3.05) is 18.4 Å². The maximum atomic E-state index is 13.0. The van der Waals surface area contributed by atoms with Gasteiger partial charge in [-0.15, -0.1) is 0 Å². The Hall–Kier alpha value is -2.89. The molecule has 0 radical (unpaired) electrons. The van der Waals surface area contributed by atoms with Crippen molar-refractivity contribution in [3.8, 4) is 0 Å². The predicted octanol–water partition coefficient (Wildman–Crippen LogP) is 4.42. The molecule has 4 rings (SSSR count). The minimum atomic E-state index is -0.315. The molecule has 1 aliphatic rings. The maximum absolute atomic E-state index is 13.0. The summed E-state index contributed by atoms with van der Waals surface area (Å²) in [6.07, 6.45) is 1.74. The second kappa shape index (κ2) is 6.78. The molecule has 5 nitrogen and oxygen atoms in total. The van der Waals surface area contributed by atoms with Crippen LogP contribution < -0.4 is 5.32 Å². The molecule has 1 fully saturated rings. The molecule has 1 aliphatic heterocycles. The Morgan fingerprint density at radius 2 is 1.92 bits per heavy atom.